The van der Waals surface area contributed by atoms with E-state index in [0.717, 1.165) is 23.6 Å². The predicted octanol–water partition coefficient (Wildman–Crippen LogP) is 2.60. The third kappa shape index (κ3) is 3.16. The number of nitrogens with two attached hydrogens (primary N) is 1. The van der Waals surface area contributed by atoms with Gasteiger partial charge in [-0.3, -0.25) is 4.79 Å². The molecule has 0 unspecified atom stereocenters. The quantitative estimate of drug-likeness (QED) is 0.906. The van der Waals surface area contributed by atoms with E-state index in [4.69, 9.17) is 11.6 Å². The van der Waals surface area contributed by atoms with E-state index in [0.29, 0.717) is 12.6 Å². The fraction of sp³-hybridized carbons (Fsp3) is 0.389. The summed E-state index contributed by atoms with van der Waals surface area (Å²) in [5.74, 6) is 0.244. The largest absolute Gasteiger partial charge is 0.336 e. The molecular weight excluding hydrogens is 328 g/mol. The molecule has 1 aliphatic carbocycles. The summed E-state index contributed by atoms with van der Waals surface area (Å²) in [7, 11) is 0. The van der Waals surface area contributed by atoms with Crippen LogP contribution >= 0.6 is 22.9 Å². The summed E-state index contributed by atoms with van der Waals surface area (Å²) in [4.78, 5) is 16.2. The van der Waals surface area contributed by atoms with Gasteiger partial charge < -0.3 is 10.2 Å². The number of nitrogens with zero attached hydrogens (tertiary/aromatic N) is 1. The number of quaternary nitrogens is 1. The van der Waals surface area contributed by atoms with Gasteiger partial charge in [-0.25, -0.2) is 0 Å². The maximum Gasteiger partial charge on any atom is 0.278 e. The highest BCUT2D eigenvalue weighted by Crippen LogP contribution is 2.37. The third-order valence-corrected chi connectivity index (χ3v) is 5.97. The van der Waals surface area contributed by atoms with Crippen LogP contribution in [0.5, 0.6) is 0 Å². The molecule has 1 aliphatic heterocycles. The molecule has 3 nitrogen and oxygen atoms in total. The molecule has 5 heteroatoms. The van der Waals surface area contributed by atoms with Crippen LogP contribution in [0, 0.1) is 0 Å². The van der Waals surface area contributed by atoms with Crippen LogP contribution in [-0.2, 0) is 11.2 Å². The number of hydrogen-bond acceptors (Lipinski definition) is 2. The normalized spacial score (nSPS) is 20.4. The number of carbonyl (C=O) groups excluding carboxylic acids is 1. The first kappa shape index (κ1) is 15.2. The van der Waals surface area contributed by atoms with E-state index in [-0.39, 0.29) is 11.9 Å². The number of thiophene rings is 1. The molecule has 4 rings (SSSR count). The molecular formula is C18H20ClN2OS+. The van der Waals surface area contributed by atoms with Crippen molar-refractivity contribution in [2.75, 3.05) is 13.1 Å². The Morgan fingerprint density at radius 3 is 2.78 bits per heavy atom. The van der Waals surface area contributed by atoms with Crippen LogP contribution in [-0.4, -0.2) is 29.9 Å². The Morgan fingerprint density at radius 1 is 1.26 bits per heavy atom. The van der Waals surface area contributed by atoms with Gasteiger partial charge in [-0.15, -0.1) is 11.3 Å². The van der Waals surface area contributed by atoms with Gasteiger partial charge in [-0.05, 0) is 41.1 Å². The Morgan fingerprint density at radius 2 is 2.04 bits per heavy atom. The summed E-state index contributed by atoms with van der Waals surface area (Å²) in [5.41, 5.74) is 2.43. The minimum atomic E-state index is 0.0300. The van der Waals surface area contributed by atoms with Crippen LogP contribution in [0.15, 0.2) is 35.7 Å². The maximum absolute atomic E-state index is 12.8. The van der Waals surface area contributed by atoms with Crippen molar-refractivity contribution in [3.63, 3.8) is 0 Å². The highest BCUT2D eigenvalue weighted by molar-refractivity contribution is 7.10. The summed E-state index contributed by atoms with van der Waals surface area (Å²) in [6.07, 6.45) is 3.47. The van der Waals surface area contributed by atoms with Crippen molar-refractivity contribution >= 4 is 28.8 Å². The lowest BCUT2D eigenvalue weighted by Gasteiger charge is -2.36. The highest BCUT2D eigenvalue weighted by Gasteiger charge is 2.34. The average Bonchev–Trinajstić information content (AvgIpc) is 3.27. The van der Waals surface area contributed by atoms with E-state index in [1.807, 2.05) is 24.3 Å². The van der Waals surface area contributed by atoms with Gasteiger partial charge >= 0.3 is 0 Å². The topological polar surface area (TPSA) is 36.9 Å². The van der Waals surface area contributed by atoms with Gasteiger partial charge in [-0.2, -0.15) is 0 Å². The van der Waals surface area contributed by atoms with Crippen LogP contribution in [0.25, 0.3) is 0 Å². The Bertz CT molecular complexity index is 708. The average molecular weight is 348 g/mol. The second kappa shape index (κ2) is 6.27. The smallest absolute Gasteiger partial charge is 0.278 e. The molecule has 23 heavy (non-hydrogen) atoms. The first-order valence-corrected chi connectivity index (χ1v) is 9.42. The number of fused-ring (bicyclic) bond motifs is 1. The number of benzene rings is 1. The zero-order valence-corrected chi connectivity index (χ0v) is 14.4. The van der Waals surface area contributed by atoms with Crippen LogP contribution in [0.3, 0.4) is 0 Å². The van der Waals surface area contributed by atoms with Crippen LogP contribution < -0.4 is 5.32 Å². The first-order chi connectivity index (χ1) is 11.2. The molecule has 1 saturated carbocycles. The van der Waals surface area contributed by atoms with E-state index < -0.39 is 0 Å². The maximum atomic E-state index is 12.8. The molecule has 0 spiro atoms. The van der Waals surface area contributed by atoms with E-state index in [2.05, 4.69) is 21.7 Å². The second-order valence-corrected chi connectivity index (χ2v) is 7.80. The van der Waals surface area contributed by atoms with Crippen LogP contribution in [0.4, 0.5) is 0 Å². The van der Waals surface area contributed by atoms with Gasteiger partial charge in [0.25, 0.3) is 5.91 Å². The molecule has 1 aromatic heterocycles. The van der Waals surface area contributed by atoms with E-state index >= 15 is 0 Å². The Kier molecular flexibility index (Phi) is 4.14. The minimum Gasteiger partial charge on any atom is -0.336 e. The van der Waals surface area contributed by atoms with Gasteiger partial charge in [0.2, 0.25) is 0 Å². The van der Waals surface area contributed by atoms with Crippen molar-refractivity contribution in [2.24, 2.45) is 0 Å². The number of halogens is 1. The molecule has 2 aliphatic rings. The monoisotopic (exact) mass is 347 g/mol. The molecule has 1 atom stereocenters. The zero-order valence-electron chi connectivity index (χ0n) is 12.9. The van der Waals surface area contributed by atoms with Crippen molar-refractivity contribution < 1.29 is 10.1 Å². The molecule has 0 bridgehead atoms. The van der Waals surface area contributed by atoms with Crippen LogP contribution in [0.1, 0.15) is 34.9 Å². The van der Waals surface area contributed by atoms with Crippen molar-refractivity contribution in [3.8, 4) is 0 Å². The summed E-state index contributed by atoms with van der Waals surface area (Å²) < 4.78 is 0. The Labute approximate surface area is 145 Å². The van der Waals surface area contributed by atoms with E-state index in [1.165, 1.54) is 23.3 Å². The summed E-state index contributed by atoms with van der Waals surface area (Å²) in [5, 5.41) is 5.07. The van der Waals surface area contributed by atoms with Gasteiger partial charge in [0.05, 0.1) is 12.1 Å². The van der Waals surface area contributed by atoms with Crippen LogP contribution in [0.2, 0.25) is 5.02 Å². The summed E-state index contributed by atoms with van der Waals surface area (Å²) in [6.45, 7) is 1.37. The van der Waals surface area contributed by atoms with Gasteiger partial charge in [0.1, 0.15) is 0 Å². The number of amides is 1. The molecule has 0 radical (unpaired) electrons. The summed E-state index contributed by atoms with van der Waals surface area (Å²) in [6, 6.07) is 10.8. The van der Waals surface area contributed by atoms with E-state index in [9.17, 15) is 4.79 Å². The van der Waals surface area contributed by atoms with Crippen molar-refractivity contribution in [3.05, 3.63) is 56.7 Å². The number of hydrogen-bond donors (Lipinski definition) is 1. The molecule has 0 saturated heterocycles. The third-order valence-electron chi connectivity index (χ3n) is 4.72. The number of carbonyl (C=O) groups is 1. The SMILES string of the molecule is O=C(C[NH2+]C1CC1)N1CCc2sccc2[C@@H]1c1ccc(Cl)cc1. The molecule has 1 fully saturated rings. The molecule has 2 N–H and O–H groups in total. The highest BCUT2D eigenvalue weighted by atomic mass is 35.5. The summed E-state index contributed by atoms with van der Waals surface area (Å²) >= 11 is 7.83. The van der Waals surface area contributed by atoms with Gasteiger partial charge in [0.15, 0.2) is 6.54 Å². The molecule has 1 amide bonds. The molecule has 2 heterocycles. The molecule has 2 aromatic rings. The Hall–Kier alpha value is -1.36. The van der Waals surface area contributed by atoms with Gasteiger partial charge in [0, 0.05) is 29.3 Å². The van der Waals surface area contributed by atoms with Crippen molar-refractivity contribution in [1.82, 2.24) is 4.90 Å². The lowest BCUT2D eigenvalue weighted by molar-refractivity contribution is -0.658. The first-order valence-electron chi connectivity index (χ1n) is 8.17. The second-order valence-electron chi connectivity index (χ2n) is 6.37. The number of rotatable bonds is 4. The minimum absolute atomic E-state index is 0.0300. The fourth-order valence-electron chi connectivity index (χ4n) is 3.31. The zero-order chi connectivity index (χ0) is 15.8. The standard InChI is InChI=1S/C18H19ClN2OS/c19-13-3-1-12(2-4-13)18-15-8-10-23-16(15)7-9-21(18)17(22)11-20-14-5-6-14/h1-4,8,10,14,18,20H,5-7,9,11H2/p+1/t18-/m0/s1. The Balaban J connectivity index is 1.63. The van der Waals surface area contributed by atoms with Crippen molar-refractivity contribution in [2.45, 2.75) is 31.3 Å². The lowest BCUT2D eigenvalue weighted by Crippen LogP contribution is -2.88. The molecule has 1 aromatic carbocycles. The van der Waals surface area contributed by atoms with Crippen molar-refractivity contribution in [1.29, 1.82) is 0 Å². The fourth-order valence-corrected chi connectivity index (χ4v) is 4.34. The molecule has 120 valence electrons. The predicted molar refractivity (Wildman–Crippen MR) is 92.8 cm³/mol. The van der Waals surface area contributed by atoms with Gasteiger partial charge in [-0.1, -0.05) is 23.7 Å². The lowest BCUT2D eigenvalue weighted by atomic mass is 9.93. The van der Waals surface area contributed by atoms with E-state index in [1.54, 1.807) is 11.3 Å².